The number of carbonyl (C=O) groups is 2. The number of ether oxygens (including phenoxy) is 1. The third-order valence-electron chi connectivity index (χ3n) is 2.84. The van der Waals surface area contributed by atoms with E-state index in [-0.39, 0.29) is 0 Å². The van der Waals surface area contributed by atoms with E-state index >= 15 is 0 Å². The maximum absolute atomic E-state index is 12.8. The van der Waals surface area contributed by atoms with Gasteiger partial charge in [0, 0.05) is 10.2 Å². The van der Waals surface area contributed by atoms with Crippen LogP contribution < -0.4 is 5.32 Å². The number of carbonyl (C=O) groups excluding carboxylic acids is 2. The molecule has 0 aliphatic carbocycles. The molecular weight excluding hydrogens is 353 g/mol. The summed E-state index contributed by atoms with van der Waals surface area (Å²) in [6.07, 6.45) is -0.971. The summed E-state index contributed by atoms with van der Waals surface area (Å²) in [5.41, 5.74) is 0.780. The molecule has 0 bridgehead atoms. The minimum Gasteiger partial charge on any atom is -0.449 e. The standard InChI is InChI=1S/C16H13BrFNO3/c1-10(15(20)19-14-8-6-13(18)7-9-14)22-16(21)11-2-4-12(17)5-3-11/h2-10H,1H3,(H,19,20)/t10-/m1/s1. The zero-order chi connectivity index (χ0) is 16.1. The second-order valence-corrected chi connectivity index (χ2v) is 5.47. The first kappa shape index (κ1) is 16.2. The van der Waals surface area contributed by atoms with Crippen molar-refractivity contribution in [2.45, 2.75) is 13.0 Å². The maximum atomic E-state index is 12.8. The third kappa shape index (κ3) is 4.39. The summed E-state index contributed by atoms with van der Waals surface area (Å²) < 4.78 is 18.7. The van der Waals surface area contributed by atoms with Gasteiger partial charge in [-0.25, -0.2) is 9.18 Å². The number of hydrogen-bond donors (Lipinski definition) is 1. The highest BCUT2D eigenvalue weighted by atomic mass is 79.9. The van der Waals surface area contributed by atoms with Gasteiger partial charge in [0.05, 0.1) is 5.56 Å². The van der Waals surface area contributed by atoms with Crippen LogP contribution in [-0.4, -0.2) is 18.0 Å². The predicted octanol–water partition coefficient (Wildman–Crippen LogP) is 3.77. The van der Waals surface area contributed by atoms with Gasteiger partial charge in [-0.15, -0.1) is 0 Å². The molecule has 0 aliphatic heterocycles. The molecule has 6 heteroatoms. The number of hydrogen-bond acceptors (Lipinski definition) is 3. The highest BCUT2D eigenvalue weighted by Gasteiger charge is 2.19. The molecule has 1 atom stereocenters. The molecule has 4 nitrogen and oxygen atoms in total. The van der Waals surface area contributed by atoms with Crippen molar-refractivity contribution in [3.8, 4) is 0 Å². The molecule has 0 saturated carbocycles. The van der Waals surface area contributed by atoms with E-state index < -0.39 is 23.8 Å². The number of benzene rings is 2. The van der Waals surface area contributed by atoms with Crippen molar-refractivity contribution in [2.75, 3.05) is 5.32 Å². The van der Waals surface area contributed by atoms with E-state index in [1.165, 1.54) is 31.2 Å². The van der Waals surface area contributed by atoms with Crippen LogP contribution in [-0.2, 0) is 9.53 Å². The van der Waals surface area contributed by atoms with Crippen molar-refractivity contribution >= 4 is 33.5 Å². The highest BCUT2D eigenvalue weighted by molar-refractivity contribution is 9.10. The molecule has 0 spiro atoms. The first-order valence-electron chi connectivity index (χ1n) is 6.48. The fraction of sp³-hybridized carbons (Fsp3) is 0.125. The van der Waals surface area contributed by atoms with E-state index in [1.54, 1.807) is 24.3 Å². The van der Waals surface area contributed by atoms with Crippen molar-refractivity contribution in [2.24, 2.45) is 0 Å². The minimum absolute atomic E-state index is 0.352. The summed E-state index contributed by atoms with van der Waals surface area (Å²) in [4.78, 5) is 23.8. The second kappa shape index (κ2) is 7.17. The van der Waals surface area contributed by atoms with Gasteiger partial charge in [-0.3, -0.25) is 4.79 Å². The summed E-state index contributed by atoms with van der Waals surface area (Å²) in [6.45, 7) is 1.47. The zero-order valence-corrected chi connectivity index (χ0v) is 13.3. The fourth-order valence-electron chi connectivity index (χ4n) is 1.65. The molecule has 22 heavy (non-hydrogen) atoms. The Morgan fingerprint density at radius 1 is 1.09 bits per heavy atom. The van der Waals surface area contributed by atoms with Crippen molar-refractivity contribution in [1.29, 1.82) is 0 Å². The molecule has 1 amide bonds. The van der Waals surface area contributed by atoms with E-state index in [0.29, 0.717) is 11.3 Å². The lowest BCUT2D eigenvalue weighted by atomic mass is 10.2. The average Bonchev–Trinajstić information content (AvgIpc) is 2.50. The predicted molar refractivity (Wildman–Crippen MR) is 84.0 cm³/mol. The monoisotopic (exact) mass is 365 g/mol. The van der Waals surface area contributed by atoms with Gasteiger partial charge in [-0.05, 0) is 55.5 Å². The molecule has 0 saturated heterocycles. The summed E-state index contributed by atoms with van der Waals surface area (Å²) in [5.74, 6) is -1.47. The van der Waals surface area contributed by atoms with Crippen LogP contribution in [0.2, 0.25) is 0 Å². The first-order chi connectivity index (χ1) is 10.5. The lowest BCUT2D eigenvalue weighted by Crippen LogP contribution is -2.30. The van der Waals surface area contributed by atoms with Crippen LogP contribution >= 0.6 is 15.9 Å². The molecule has 114 valence electrons. The molecule has 0 heterocycles. The molecule has 0 aromatic heterocycles. The zero-order valence-electron chi connectivity index (χ0n) is 11.7. The van der Waals surface area contributed by atoms with Crippen molar-refractivity contribution in [3.63, 3.8) is 0 Å². The van der Waals surface area contributed by atoms with Gasteiger partial charge in [0.25, 0.3) is 5.91 Å². The molecular formula is C16H13BrFNO3. The highest BCUT2D eigenvalue weighted by Crippen LogP contribution is 2.13. The molecule has 2 rings (SSSR count). The normalized spacial score (nSPS) is 11.6. The topological polar surface area (TPSA) is 55.4 Å². The number of esters is 1. The van der Waals surface area contributed by atoms with Crippen molar-refractivity contribution in [3.05, 3.63) is 64.4 Å². The van der Waals surface area contributed by atoms with E-state index in [0.717, 1.165) is 4.47 Å². The number of anilines is 1. The Labute approximate surface area is 135 Å². The van der Waals surface area contributed by atoms with Crippen LogP contribution in [0.5, 0.6) is 0 Å². The van der Waals surface area contributed by atoms with E-state index in [9.17, 15) is 14.0 Å². The lowest BCUT2D eigenvalue weighted by Gasteiger charge is -2.13. The Hall–Kier alpha value is -2.21. The number of rotatable bonds is 4. The lowest BCUT2D eigenvalue weighted by molar-refractivity contribution is -0.123. The number of nitrogens with one attached hydrogen (secondary N) is 1. The van der Waals surface area contributed by atoms with Crippen LogP contribution in [0.3, 0.4) is 0 Å². The van der Waals surface area contributed by atoms with Gasteiger partial charge in [0.1, 0.15) is 5.82 Å². The first-order valence-corrected chi connectivity index (χ1v) is 7.28. The van der Waals surface area contributed by atoms with Gasteiger partial charge in [0.15, 0.2) is 6.10 Å². The Bertz CT molecular complexity index is 671. The average molecular weight is 366 g/mol. The maximum Gasteiger partial charge on any atom is 0.338 e. The molecule has 2 aromatic rings. The second-order valence-electron chi connectivity index (χ2n) is 4.55. The van der Waals surface area contributed by atoms with Gasteiger partial charge in [-0.2, -0.15) is 0 Å². The van der Waals surface area contributed by atoms with Gasteiger partial charge < -0.3 is 10.1 Å². The Morgan fingerprint density at radius 2 is 1.68 bits per heavy atom. The molecule has 0 fully saturated rings. The number of halogens is 2. The molecule has 0 radical (unpaired) electrons. The largest absolute Gasteiger partial charge is 0.449 e. The fourth-order valence-corrected chi connectivity index (χ4v) is 1.91. The van der Waals surface area contributed by atoms with E-state index in [4.69, 9.17) is 4.74 Å². The van der Waals surface area contributed by atoms with Crippen LogP contribution in [0.1, 0.15) is 17.3 Å². The summed E-state index contributed by atoms with van der Waals surface area (Å²) in [6, 6.07) is 11.9. The van der Waals surface area contributed by atoms with Crippen LogP contribution in [0.15, 0.2) is 53.0 Å². The van der Waals surface area contributed by atoms with E-state index in [2.05, 4.69) is 21.2 Å². The Morgan fingerprint density at radius 3 is 2.27 bits per heavy atom. The molecule has 2 aromatic carbocycles. The molecule has 1 N–H and O–H groups in total. The van der Waals surface area contributed by atoms with Gasteiger partial charge in [-0.1, -0.05) is 15.9 Å². The Balaban J connectivity index is 1.94. The van der Waals surface area contributed by atoms with E-state index in [1.807, 2.05) is 0 Å². The van der Waals surface area contributed by atoms with Gasteiger partial charge in [0.2, 0.25) is 0 Å². The summed E-state index contributed by atoms with van der Waals surface area (Å²) >= 11 is 3.27. The summed E-state index contributed by atoms with van der Waals surface area (Å²) in [7, 11) is 0. The SMILES string of the molecule is C[C@@H](OC(=O)c1ccc(Br)cc1)C(=O)Nc1ccc(F)cc1. The van der Waals surface area contributed by atoms with Crippen LogP contribution in [0.25, 0.3) is 0 Å². The Kier molecular flexibility index (Phi) is 5.27. The number of amides is 1. The molecule has 0 aliphatic rings. The summed E-state index contributed by atoms with van der Waals surface area (Å²) in [5, 5.41) is 2.54. The van der Waals surface area contributed by atoms with Gasteiger partial charge >= 0.3 is 5.97 Å². The quantitative estimate of drug-likeness (QED) is 0.839. The van der Waals surface area contributed by atoms with Crippen molar-refractivity contribution < 1.29 is 18.7 Å². The minimum atomic E-state index is -0.971. The third-order valence-corrected chi connectivity index (χ3v) is 3.37. The van der Waals surface area contributed by atoms with Crippen LogP contribution in [0, 0.1) is 5.82 Å². The molecule has 0 unspecified atom stereocenters. The smallest absolute Gasteiger partial charge is 0.338 e. The van der Waals surface area contributed by atoms with Crippen molar-refractivity contribution in [1.82, 2.24) is 0 Å². The van der Waals surface area contributed by atoms with Crippen LogP contribution in [0.4, 0.5) is 10.1 Å².